The highest BCUT2D eigenvalue weighted by atomic mass is 16.5. The van der Waals surface area contributed by atoms with E-state index in [0.29, 0.717) is 18.8 Å². The third-order valence-corrected chi connectivity index (χ3v) is 3.89. The smallest absolute Gasteiger partial charge is 0.411 e. The predicted octanol–water partition coefficient (Wildman–Crippen LogP) is 4.93. The molecule has 0 unspecified atom stereocenters. The summed E-state index contributed by atoms with van der Waals surface area (Å²) in [6.45, 7) is 4.06. The minimum atomic E-state index is -0.432. The van der Waals surface area contributed by atoms with Crippen molar-refractivity contribution in [2.24, 2.45) is 0 Å². The first kappa shape index (κ1) is 21.3. The quantitative estimate of drug-likeness (QED) is 0.513. The van der Waals surface area contributed by atoms with Crippen LogP contribution in [0, 0.1) is 0 Å². The molecule has 1 amide bonds. The molecule has 0 saturated carbocycles. The summed E-state index contributed by atoms with van der Waals surface area (Å²) in [7, 11) is 3.87. The first-order chi connectivity index (χ1) is 12.1. The average Bonchev–Trinajstić information content (AvgIpc) is 2.58. The van der Waals surface area contributed by atoms with E-state index in [-0.39, 0.29) is 0 Å². The van der Waals surface area contributed by atoms with Crippen LogP contribution < -0.4 is 10.1 Å². The number of amides is 1. The van der Waals surface area contributed by atoms with Gasteiger partial charge in [-0.2, -0.15) is 0 Å². The van der Waals surface area contributed by atoms with Gasteiger partial charge in [0.05, 0.1) is 6.61 Å². The summed E-state index contributed by atoms with van der Waals surface area (Å²) in [5.74, 6) is 0.831. The molecule has 1 aromatic rings. The summed E-state index contributed by atoms with van der Waals surface area (Å²) in [4.78, 5) is 13.6. The van der Waals surface area contributed by atoms with Gasteiger partial charge < -0.3 is 14.4 Å². The van der Waals surface area contributed by atoms with E-state index < -0.39 is 6.09 Å². The fourth-order valence-corrected chi connectivity index (χ4v) is 2.36. The summed E-state index contributed by atoms with van der Waals surface area (Å²) >= 11 is 0. The summed E-state index contributed by atoms with van der Waals surface area (Å²) < 4.78 is 10.8. The van der Waals surface area contributed by atoms with Crippen LogP contribution in [0.5, 0.6) is 5.75 Å². The highest BCUT2D eigenvalue weighted by Crippen LogP contribution is 2.16. The van der Waals surface area contributed by atoms with E-state index in [1.54, 1.807) is 0 Å². The van der Waals surface area contributed by atoms with Gasteiger partial charge in [-0.25, -0.2) is 4.79 Å². The maximum atomic E-state index is 11.6. The lowest BCUT2D eigenvalue weighted by Crippen LogP contribution is -2.22. The monoisotopic (exact) mass is 350 g/mol. The number of anilines is 1. The van der Waals surface area contributed by atoms with Gasteiger partial charge in [0, 0.05) is 12.2 Å². The molecule has 0 saturated heterocycles. The molecule has 25 heavy (non-hydrogen) atoms. The van der Waals surface area contributed by atoms with Crippen LogP contribution in [0.15, 0.2) is 24.3 Å². The lowest BCUT2D eigenvalue weighted by Gasteiger charge is -2.11. The Labute approximate surface area is 152 Å². The molecule has 0 aliphatic heterocycles. The number of likely N-dealkylation sites (N-methyl/N-ethyl adjacent to an activating group) is 1. The van der Waals surface area contributed by atoms with Crippen molar-refractivity contribution < 1.29 is 14.3 Å². The summed E-state index contributed by atoms with van der Waals surface area (Å²) in [6.07, 6.45) is 8.50. The Morgan fingerprint density at radius 1 is 0.960 bits per heavy atom. The second-order valence-electron chi connectivity index (χ2n) is 6.56. The van der Waals surface area contributed by atoms with Crippen molar-refractivity contribution in [3.05, 3.63) is 24.3 Å². The zero-order valence-corrected chi connectivity index (χ0v) is 16.1. The molecule has 0 heterocycles. The van der Waals surface area contributed by atoms with Crippen molar-refractivity contribution in [1.82, 2.24) is 4.90 Å². The van der Waals surface area contributed by atoms with Crippen LogP contribution >= 0.6 is 0 Å². The van der Waals surface area contributed by atoms with Crippen LogP contribution in [0.1, 0.15) is 51.9 Å². The summed E-state index contributed by atoms with van der Waals surface area (Å²) in [6, 6.07) is 7.40. The van der Waals surface area contributed by atoms with Crippen LogP contribution in [0.25, 0.3) is 0 Å². The summed E-state index contributed by atoms with van der Waals surface area (Å²) in [5.41, 5.74) is 0.707. The predicted molar refractivity (Wildman–Crippen MR) is 103 cm³/mol. The number of carbonyl (C=O) groups is 1. The van der Waals surface area contributed by atoms with Crippen molar-refractivity contribution in [1.29, 1.82) is 0 Å². The Bertz CT molecular complexity index is 461. The van der Waals surface area contributed by atoms with Crippen molar-refractivity contribution in [3.8, 4) is 5.75 Å². The molecule has 0 fully saturated rings. The normalized spacial score (nSPS) is 10.7. The number of unbranched alkanes of at least 4 members (excludes halogenated alkanes) is 6. The van der Waals surface area contributed by atoms with Crippen LogP contribution in [0.3, 0.4) is 0 Å². The Hall–Kier alpha value is -1.75. The van der Waals surface area contributed by atoms with Gasteiger partial charge in [0.15, 0.2) is 0 Å². The number of hydrogen-bond acceptors (Lipinski definition) is 4. The van der Waals surface area contributed by atoms with Gasteiger partial charge in [0.1, 0.15) is 12.4 Å². The van der Waals surface area contributed by atoms with Gasteiger partial charge >= 0.3 is 6.09 Å². The molecule has 0 atom stereocenters. The molecule has 5 heteroatoms. The van der Waals surface area contributed by atoms with Gasteiger partial charge in [0.25, 0.3) is 0 Å². The lowest BCUT2D eigenvalue weighted by molar-refractivity contribution is 0.151. The molecule has 0 aliphatic rings. The average molecular weight is 351 g/mol. The maximum absolute atomic E-state index is 11.6. The Morgan fingerprint density at radius 3 is 2.24 bits per heavy atom. The van der Waals surface area contributed by atoms with E-state index in [4.69, 9.17) is 9.47 Å². The Balaban J connectivity index is 2.13. The fourth-order valence-electron chi connectivity index (χ4n) is 2.36. The third-order valence-electron chi connectivity index (χ3n) is 3.89. The number of rotatable bonds is 13. The van der Waals surface area contributed by atoms with Gasteiger partial charge in [-0.15, -0.1) is 0 Å². The van der Waals surface area contributed by atoms with Crippen LogP contribution in [0.4, 0.5) is 10.5 Å². The van der Waals surface area contributed by atoms with Crippen molar-refractivity contribution in [2.75, 3.05) is 39.2 Å². The van der Waals surface area contributed by atoms with Crippen molar-refractivity contribution in [3.63, 3.8) is 0 Å². The van der Waals surface area contributed by atoms with E-state index >= 15 is 0 Å². The van der Waals surface area contributed by atoms with E-state index in [0.717, 1.165) is 18.8 Å². The molecule has 0 spiro atoms. The van der Waals surface area contributed by atoms with Crippen molar-refractivity contribution in [2.45, 2.75) is 51.9 Å². The number of nitrogens with zero attached hydrogens (tertiary/aromatic N) is 1. The van der Waals surface area contributed by atoms with E-state index in [1.807, 2.05) is 43.3 Å². The zero-order chi connectivity index (χ0) is 18.3. The third kappa shape index (κ3) is 11.4. The summed E-state index contributed by atoms with van der Waals surface area (Å²) in [5, 5.41) is 2.71. The first-order valence-corrected chi connectivity index (χ1v) is 9.43. The number of carbonyl (C=O) groups excluding carboxylic acids is 1. The molecule has 0 aromatic heterocycles. The van der Waals surface area contributed by atoms with Gasteiger partial charge in [0.2, 0.25) is 0 Å². The SMILES string of the molecule is CCCCCCCCCOc1ccc(NC(=O)OCCN(C)C)cc1. The second-order valence-corrected chi connectivity index (χ2v) is 6.56. The lowest BCUT2D eigenvalue weighted by atomic mass is 10.1. The molecule has 0 radical (unpaired) electrons. The van der Waals surface area contributed by atoms with Crippen molar-refractivity contribution >= 4 is 11.8 Å². The topological polar surface area (TPSA) is 50.8 Å². The highest BCUT2D eigenvalue weighted by Gasteiger charge is 2.03. The van der Waals surface area contributed by atoms with E-state index in [2.05, 4.69) is 12.2 Å². The number of ether oxygens (including phenoxy) is 2. The molecule has 0 bridgehead atoms. The van der Waals surface area contributed by atoms with Gasteiger partial charge in [-0.1, -0.05) is 45.4 Å². The fraction of sp³-hybridized carbons (Fsp3) is 0.650. The highest BCUT2D eigenvalue weighted by molar-refractivity contribution is 5.84. The molecule has 1 N–H and O–H groups in total. The molecular formula is C20H34N2O3. The molecule has 5 nitrogen and oxygen atoms in total. The minimum Gasteiger partial charge on any atom is -0.494 e. The van der Waals surface area contributed by atoms with Crippen LogP contribution in [-0.4, -0.2) is 44.8 Å². The number of benzene rings is 1. The number of nitrogens with one attached hydrogen (secondary N) is 1. The van der Waals surface area contributed by atoms with Crippen LogP contribution in [0.2, 0.25) is 0 Å². The molecule has 1 rings (SSSR count). The molecule has 142 valence electrons. The maximum Gasteiger partial charge on any atom is 0.411 e. The standard InChI is InChI=1S/C20H34N2O3/c1-4-5-6-7-8-9-10-16-24-19-13-11-18(12-14-19)21-20(23)25-17-15-22(2)3/h11-14H,4-10,15-17H2,1-3H3,(H,21,23). The van der Waals surface area contributed by atoms with E-state index in [1.165, 1.54) is 38.5 Å². The molecular weight excluding hydrogens is 316 g/mol. The number of hydrogen-bond donors (Lipinski definition) is 1. The zero-order valence-electron chi connectivity index (χ0n) is 16.1. The second kappa shape index (κ2) is 13.5. The van der Waals surface area contributed by atoms with Gasteiger partial charge in [-0.3, -0.25) is 5.32 Å². The molecule has 0 aliphatic carbocycles. The van der Waals surface area contributed by atoms with Crippen LogP contribution in [-0.2, 0) is 4.74 Å². The first-order valence-electron chi connectivity index (χ1n) is 9.43. The van der Waals surface area contributed by atoms with E-state index in [9.17, 15) is 4.79 Å². The Kier molecular flexibility index (Phi) is 11.5. The largest absolute Gasteiger partial charge is 0.494 e. The minimum absolute atomic E-state index is 0.373. The Morgan fingerprint density at radius 2 is 1.60 bits per heavy atom. The van der Waals surface area contributed by atoms with Gasteiger partial charge in [-0.05, 0) is 44.8 Å². The molecule has 1 aromatic carbocycles.